The molecule has 0 saturated carbocycles. The highest BCUT2D eigenvalue weighted by Crippen LogP contribution is 2.11. The number of carbonyl (C=O) groups is 1. The summed E-state index contributed by atoms with van der Waals surface area (Å²) in [4.78, 5) is 15.2. The molecule has 0 aliphatic carbocycles. The first-order chi connectivity index (χ1) is 5.70. The Morgan fingerprint density at radius 2 is 2.50 bits per heavy atom. The zero-order chi connectivity index (χ0) is 9.14. The topological polar surface area (TPSA) is 44.1 Å². The number of halogens is 1. The molecule has 1 aromatic rings. The maximum atomic E-state index is 11.2. The Balaban J connectivity index is 3.10. The van der Waals surface area contributed by atoms with Gasteiger partial charge in [-0.1, -0.05) is 0 Å². The van der Waals surface area contributed by atoms with Crippen LogP contribution in [0.2, 0.25) is 0 Å². The van der Waals surface area contributed by atoms with Gasteiger partial charge in [-0.25, -0.2) is 9.78 Å². The average Bonchev–Trinajstić information content (AvgIpc) is 2.45. The lowest BCUT2D eigenvalue weighted by Crippen LogP contribution is -2.10. The van der Waals surface area contributed by atoms with Crippen LogP contribution in [0.5, 0.6) is 0 Å². The van der Waals surface area contributed by atoms with Crippen LogP contribution >= 0.6 is 22.6 Å². The number of methoxy groups -OCH3 is 1. The fourth-order valence-electron chi connectivity index (χ4n) is 0.896. The number of aryl methyl sites for hydroxylation is 1. The van der Waals surface area contributed by atoms with Gasteiger partial charge in [-0.3, -0.25) is 0 Å². The van der Waals surface area contributed by atoms with E-state index in [1.165, 1.54) is 7.11 Å². The molecule has 0 amide bonds. The van der Waals surface area contributed by atoms with Crippen LogP contribution < -0.4 is 0 Å². The number of aromatic nitrogens is 2. The van der Waals surface area contributed by atoms with Crippen molar-refractivity contribution in [2.75, 3.05) is 7.11 Å². The molecule has 0 bridgehead atoms. The van der Waals surface area contributed by atoms with Crippen LogP contribution in [0.15, 0.2) is 6.33 Å². The number of esters is 1. The summed E-state index contributed by atoms with van der Waals surface area (Å²) in [5.74, 6) is -0.334. The number of ether oxygens (including phenoxy) is 1. The minimum absolute atomic E-state index is 0.334. The van der Waals surface area contributed by atoms with Crippen molar-refractivity contribution in [3.63, 3.8) is 0 Å². The van der Waals surface area contributed by atoms with E-state index in [0.29, 0.717) is 9.39 Å². The lowest BCUT2D eigenvalue weighted by Gasteiger charge is -2.02. The second-order valence-corrected chi connectivity index (χ2v) is 3.18. The van der Waals surface area contributed by atoms with Gasteiger partial charge in [0.05, 0.1) is 13.4 Å². The molecule has 0 atom stereocenters. The van der Waals surface area contributed by atoms with Crippen molar-refractivity contribution in [2.45, 2.75) is 13.5 Å². The molecule has 0 radical (unpaired) electrons. The van der Waals surface area contributed by atoms with Gasteiger partial charge in [-0.2, -0.15) is 0 Å². The number of rotatable bonds is 2. The molecule has 0 spiro atoms. The summed E-state index contributed by atoms with van der Waals surface area (Å²) in [5, 5.41) is 0. The Hall–Kier alpha value is -0.590. The number of nitrogens with zero attached hydrogens (tertiary/aromatic N) is 2. The van der Waals surface area contributed by atoms with Crippen LogP contribution in [-0.4, -0.2) is 22.6 Å². The number of hydrogen-bond donors (Lipinski definition) is 0. The highest BCUT2D eigenvalue weighted by atomic mass is 127. The van der Waals surface area contributed by atoms with Crippen LogP contribution in [0.4, 0.5) is 0 Å². The molecule has 1 heterocycles. The summed E-state index contributed by atoms with van der Waals surface area (Å²) in [6.45, 7) is 2.67. The molecule has 4 nitrogen and oxygen atoms in total. The zero-order valence-corrected chi connectivity index (χ0v) is 9.03. The third kappa shape index (κ3) is 1.60. The maximum absolute atomic E-state index is 11.2. The van der Waals surface area contributed by atoms with E-state index in [0.717, 1.165) is 6.54 Å². The molecule has 5 heteroatoms. The Morgan fingerprint density at radius 3 is 3.00 bits per heavy atom. The predicted molar refractivity (Wildman–Crippen MR) is 52.0 cm³/mol. The summed E-state index contributed by atoms with van der Waals surface area (Å²) < 4.78 is 7.05. The monoisotopic (exact) mass is 280 g/mol. The lowest BCUT2D eigenvalue weighted by molar-refractivity contribution is 0.0587. The molecule has 0 unspecified atom stereocenters. The standard InChI is InChI=1S/C7H9IN2O2/c1-3-10-4-9-6(8)5(10)7(11)12-2/h4H,3H2,1-2H3. The zero-order valence-electron chi connectivity index (χ0n) is 6.87. The Bertz CT molecular complexity index is 296. The number of hydrogen-bond acceptors (Lipinski definition) is 3. The first-order valence-electron chi connectivity index (χ1n) is 3.49. The third-order valence-corrected chi connectivity index (χ3v) is 2.30. The van der Waals surface area contributed by atoms with E-state index in [1.807, 2.05) is 29.5 Å². The summed E-state index contributed by atoms with van der Waals surface area (Å²) in [5.41, 5.74) is 0.528. The van der Waals surface area contributed by atoms with Crippen molar-refractivity contribution < 1.29 is 9.53 Å². The number of carbonyl (C=O) groups excluding carboxylic acids is 1. The maximum Gasteiger partial charge on any atom is 0.357 e. The first-order valence-corrected chi connectivity index (χ1v) is 4.57. The summed E-state index contributed by atoms with van der Waals surface area (Å²) in [6.07, 6.45) is 1.63. The third-order valence-electron chi connectivity index (χ3n) is 1.51. The molecule has 0 saturated heterocycles. The van der Waals surface area contributed by atoms with Crippen LogP contribution in [0.1, 0.15) is 17.4 Å². The Kier molecular flexibility index (Phi) is 3.07. The highest BCUT2D eigenvalue weighted by Gasteiger charge is 2.15. The lowest BCUT2D eigenvalue weighted by atomic mass is 10.4. The molecular formula is C7H9IN2O2. The van der Waals surface area contributed by atoms with Gasteiger partial charge in [0.1, 0.15) is 3.70 Å². The van der Waals surface area contributed by atoms with Gasteiger partial charge in [-0.15, -0.1) is 0 Å². The fraction of sp³-hybridized carbons (Fsp3) is 0.429. The fourth-order valence-corrected chi connectivity index (χ4v) is 1.55. The van der Waals surface area contributed by atoms with E-state index >= 15 is 0 Å². The van der Waals surface area contributed by atoms with E-state index in [1.54, 1.807) is 10.9 Å². The normalized spacial score (nSPS) is 9.92. The molecule has 0 aliphatic heterocycles. The minimum Gasteiger partial charge on any atom is -0.464 e. The SMILES string of the molecule is CCn1cnc(I)c1C(=O)OC. The molecule has 1 aromatic heterocycles. The summed E-state index contributed by atoms with van der Waals surface area (Å²) >= 11 is 2.01. The van der Waals surface area contributed by atoms with Gasteiger partial charge < -0.3 is 9.30 Å². The quantitative estimate of drug-likeness (QED) is 0.605. The van der Waals surface area contributed by atoms with Gasteiger partial charge in [0.25, 0.3) is 0 Å². The van der Waals surface area contributed by atoms with Crippen LogP contribution in [-0.2, 0) is 11.3 Å². The van der Waals surface area contributed by atoms with Crippen molar-refractivity contribution in [3.8, 4) is 0 Å². The molecule has 12 heavy (non-hydrogen) atoms. The molecule has 0 aromatic carbocycles. The highest BCUT2D eigenvalue weighted by molar-refractivity contribution is 14.1. The smallest absolute Gasteiger partial charge is 0.357 e. The molecule has 1 rings (SSSR count). The largest absolute Gasteiger partial charge is 0.464 e. The minimum atomic E-state index is -0.334. The Labute approximate surface area is 84.1 Å². The van der Waals surface area contributed by atoms with Crippen molar-refractivity contribution >= 4 is 28.6 Å². The van der Waals surface area contributed by atoms with Crippen molar-refractivity contribution in [1.29, 1.82) is 0 Å². The second kappa shape index (κ2) is 3.88. The predicted octanol–water partition coefficient (Wildman–Crippen LogP) is 1.29. The molecule has 0 aliphatic rings. The Morgan fingerprint density at radius 1 is 1.83 bits per heavy atom. The van der Waals surface area contributed by atoms with E-state index in [-0.39, 0.29) is 5.97 Å². The molecule has 0 fully saturated rings. The van der Waals surface area contributed by atoms with Crippen molar-refractivity contribution in [2.24, 2.45) is 0 Å². The van der Waals surface area contributed by atoms with E-state index < -0.39 is 0 Å². The van der Waals surface area contributed by atoms with Crippen LogP contribution in [0.3, 0.4) is 0 Å². The van der Waals surface area contributed by atoms with Gasteiger partial charge in [0.15, 0.2) is 5.69 Å². The van der Waals surface area contributed by atoms with Crippen LogP contribution in [0, 0.1) is 3.70 Å². The van der Waals surface area contributed by atoms with Gasteiger partial charge in [-0.05, 0) is 29.5 Å². The second-order valence-electron chi connectivity index (χ2n) is 2.16. The molecule has 0 N–H and O–H groups in total. The van der Waals surface area contributed by atoms with Crippen LogP contribution in [0.25, 0.3) is 0 Å². The first kappa shape index (κ1) is 9.50. The van der Waals surface area contributed by atoms with E-state index in [9.17, 15) is 4.79 Å². The molecular weight excluding hydrogens is 271 g/mol. The summed E-state index contributed by atoms with van der Waals surface area (Å²) in [6, 6.07) is 0. The van der Waals surface area contributed by atoms with Crippen molar-refractivity contribution in [3.05, 3.63) is 15.7 Å². The van der Waals surface area contributed by atoms with E-state index in [2.05, 4.69) is 9.72 Å². The van der Waals surface area contributed by atoms with Gasteiger partial charge in [0.2, 0.25) is 0 Å². The molecule has 66 valence electrons. The average molecular weight is 280 g/mol. The van der Waals surface area contributed by atoms with Crippen molar-refractivity contribution in [1.82, 2.24) is 9.55 Å². The van der Waals surface area contributed by atoms with E-state index in [4.69, 9.17) is 0 Å². The van der Waals surface area contributed by atoms with Gasteiger partial charge >= 0.3 is 5.97 Å². The number of imidazole rings is 1. The van der Waals surface area contributed by atoms with Gasteiger partial charge in [0, 0.05) is 6.54 Å². The summed E-state index contributed by atoms with van der Waals surface area (Å²) in [7, 11) is 1.37.